The number of hydrogen-bond donors (Lipinski definition) is 2. The van der Waals surface area contributed by atoms with Crippen molar-refractivity contribution in [2.45, 2.75) is 19.6 Å². The maximum atomic E-state index is 12.3. The Morgan fingerprint density at radius 3 is 2.65 bits per heavy atom. The summed E-state index contributed by atoms with van der Waals surface area (Å²) < 4.78 is 5.69. The maximum absolute atomic E-state index is 12.3. The highest BCUT2D eigenvalue weighted by Crippen LogP contribution is 2.28. The summed E-state index contributed by atoms with van der Waals surface area (Å²) in [5, 5.41) is 5.67. The van der Waals surface area contributed by atoms with E-state index in [9.17, 15) is 9.59 Å². The van der Waals surface area contributed by atoms with Crippen LogP contribution in [0.15, 0.2) is 42.7 Å². The van der Waals surface area contributed by atoms with Crippen LogP contribution in [0.3, 0.4) is 0 Å². The van der Waals surface area contributed by atoms with Crippen LogP contribution in [0.1, 0.15) is 12.5 Å². The SMILES string of the molecule is C[C@@H](CN1CCN(C)CC1)NC(=O)C(=O)Nc1ccc(OCc2cccnc2)c(Cl)c1. The Labute approximate surface area is 187 Å². The number of pyridine rings is 1. The second-order valence-corrected chi connectivity index (χ2v) is 8.13. The van der Waals surface area contributed by atoms with Gasteiger partial charge in [-0.15, -0.1) is 0 Å². The Balaban J connectivity index is 1.46. The largest absolute Gasteiger partial charge is 0.487 e. The van der Waals surface area contributed by atoms with Gasteiger partial charge in [0, 0.05) is 62.4 Å². The molecule has 0 radical (unpaired) electrons. The third-order valence-corrected chi connectivity index (χ3v) is 5.31. The van der Waals surface area contributed by atoms with E-state index in [4.69, 9.17) is 16.3 Å². The topological polar surface area (TPSA) is 86.8 Å². The van der Waals surface area contributed by atoms with Crippen molar-refractivity contribution in [3.63, 3.8) is 0 Å². The predicted octanol–water partition coefficient (Wildman–Crippen LogP) is 2.00. The highest BCUT2D eigenvalue weighted by molar-refractivity contribution is 6.40. The number of hydrogen-bond acceptors (Lipinski definition) is 6. The minimum Gasteiger partial charge on any atom is -0.487 e. The van der Waals surface area contributed by atoms with Crippen molar-refractivity contribution in [3.8, 4) is 5.75 Å². The number of piperazine rings is 1. The minimum absolute atomic E-state index is 0.131. The summed E-state index contributed by atoms with van der Waals surface area (Å²) in [6.45, 7) is 6.85. The second-order valence-electron chi connectivity index (χ2n) is 7.73. The lowest BCUT2D eigenvalue weighted by Gasteiger charge is -2.33. The molecule has 0 spiro atoms. The molecule has 1 aromatic heterocycles. The molecular weight excluding hydrogens is 418 g/mol. The van der Waals surface area contributed by atoms with Crippen LogP contribution in [0.5, 0.6) is 5.75 Å². The molecule has 2 heterocycles. The molecule has 3 rings (SSSR count). The number of carbonyl (C=O) groups excluding carboxylic acids is 2. The standard InChI is InChI=1S/C22H28ClN5O3/c1-16(14-28-10-8-27(2)9-11-28)25-21(29)22(30)26-18-5-6-20(19(23)12-18)31-15-17-4-3-7-24-13-17/h3-7,12-13,16H,8-11,14-15H2,1-2H3,(H,25,29)(H,26,30)/t16-/m0/s1. The van der Waals surface area contributed by atoms with Crippen LogP contribution in [0, 0.1) is 0 Å². The molecule has 8 nitrogen and oxygen atoms in total. The molecule has 0 unspecified atom stereocenters. The van der Waals surface area contributed by atoms with E-state index in [0.717, 1.165) is 31.7 Å². The van der Waals surface area contributed by atoms with E-state index in [0.29, 0.717) is 29.6 Å². The van der Waals surface area contributed by atoms with Gasteiger partial charge in [0.15, 0.2) is 0 Å². The van der Waals surface area contributed by atoms with Crippen LogP contribution in [0.25, 0.3) is 0 Å². The molecule has 0 bridgehead atoms. The first-order valence-electron chi connectivity index (χ1n) is 10.2. The number of aromatic nitrogens is 1. The van der Waals surface area contributed by atoms with Crippen LogP contribution in [0.4, 0.5) is 5.69 Å². The van der Waals surface area contributed by atoms with E-state index in [1.807, 2.05) is 19.1 Å². The first-order chi connectivity index (χ1) is 14.9. The number of nitrogens with one attached hydrogen (secondary N) is 2. The van der Waals surface area contributed by atoms with Crippen LogP contribution >= 0.6 is 11.6 Å². The molecule has 1 atom stereocenters. The van der Waals surface area contributed by atoms with E-state index < -0.39 is 11.8 Å². The average molecular weight is 446 g/mol. The van der Waals surface area contributed by atoms with E-state index in [2.05, 4.69) is 32.5 Å². The smallest absolute Gasteiger partial charge is 0.313 e. The Morgan fingerprint density at radius 1 is 1.19 bits per heavy atom. The zero-order valence-corrected chi connectivity index (χ0v) is 18.6. The zero-order valence-electron chi connectivity index (χ0n) is 17.8. The van der Waals surface area contributed by atoms with Crippen LogP contribution < -0.4 is 15.4 Å². The number of amides is 2. The number of ether oxygens (including phenoxy) is 1. The molecular formula is C22H28ClN5O3. The Hall–Kier alpha value is -2.68. The summed E-state index contributed by atoms with van der Waals surface area (Å²) >= 11 is 6.26. The van der Waals surface area contributed by atoms with Crippen molar-refractivity contribution in [3.05, 3.63) is 53.3 Å². The average Bonchev–Trinajstić information content (AvgIpc) is 2.75. The molecule has 9 heteroatoms. The quantitative estimate of drug-likeness (QED) is 0.634. The van der Waals surface area contributed by atoms with Crippen LogP contribution in [-0.2, 0) is 16.2 Å². The molecule has 166 valence electrons. The lowest BCUT2D eigenvalue weighted by Crippen LogP contribution is -2.51. The van der Waals surface area contributed by atoms with Crippen molar-refractivity contribution in [2.24, 2.45) is 0 Å². The van der Waals surface area contributed by atoms with E-state index >= 15 is 0 Å². The van der Waals surface area contributed by atoms with Crippen LogP contribution in [0.2, 0.25) is 5.02 Å². The lowest BCUT2D eigenvalue weighted by atomic mass is 10.2. The van der Waals surface area contributed by atoms with Gasteiger partial charge < -0.3 is 20.3 Å². The number of likely N-dealkylation sites (N-methyl/N-ethyl adjacent to an activating group) is 1. The summed E-state index contributed by atoms with van der Waals surface area (Å²) in [7, 11) is 2.10. The fraction of sp³-hybridized carbons (Fsp3) is 0.409. The number of rotatable bonds is 7. The maximum Gasteiger partial charge on any atom is 0.313 e. The molecule has 31 heavy (non-hydrogen) atoms. The van der Waals surface area contributed by atoms with Gasteiger partial charge in [-0.05, 0) is 38.2 Å². The summed E-state index contributed by atoms with van der Waals surface area (Å²) in [5.74, 6) is -0.922. The molecule has 1 aliphatic rings. The van der Waals surface area contributed by atoms with E-state index in [-0.39, 0.29) is 6.04 Å². The lowest BCUT2D eigenvalue weighted by molar-refractivity contribution is -0.136. The molecule has 2 N–H and O–H groups in total. The van der Waals surface area contributed by atoms with Gasteiger partial charge in [0.1, 0.15) is 12.4 Å². The van der Waals surface area contributed by atoms with Crippen molar-refractivity contribution >= 4 is 29.1 Å². The first kappa shape index (κ1) is 23.0. The molecule has 0 saturated carbocycles. The summed E-state index contributed by atoms with van der Waals surface area (Å²) in [5.41, 5.74) is 1.34. The fourth-order valence-corrected chi connectivity index (χ4v) is 3.52. The van der Waals surface area contributed by atoms with Crippen LogP contribution in [-0.4, -0.2) is 72.4 Å². The number of anilines is 1. The molecule has 2 amide bonds. The van der Waals surface area contributed by atoms with Crippen molar-refractivity contribution in [1.29, 1.82) is 0 Å². The van der Waals surface area contributed by atoms with Gasteiger partial charge >= 0.3 is 11.8 Å². The minimum atomic E-state index is -0.731. The van der Waals surface area contributed by atoms with Gasteiger partial charge in [-0.3, -0.25) is 19.5 Å². The fourth-order valence-electron chi connectivity index (χ4n) is 3.28. The van der Waals surface area contributed by atoms with Gasteiger partial charge in [0.2, 0.25) is 0 Å². The van der Waals surface area contributed by atoms with E-state index in [1.54, 1.807) is 30.6 Å². The van der Waals surface area contributed by atoms with E-state index in [1.165, 1.54) is 0 Å². The third kappa shape index (κ3) is 7.20. The number of carbonyl (C=O) groups is 2. The second kappa shape index (κ2) is 11.1. The van der Waals surface area contributed by atoms with Crippen molar-refractivity contribution in [2.75, 3.05) is 45.1 Å². The molecule has 1 aliphatic heterocycles. The number of nitrogens with zero attached hydrogens (tertiary/aromatic N) is 3. The monoisotopic (exact) mass is 445 g/mol. The highest BCUT2D eigenvalue weighted by Gasteiger charge is 2.20. The Bertz CT molecular complexity index is 888. The number of benzene rings is 1. The number of halogens is 1. The van der Waals surface area contributed by atoms with Crippen molar-refractivity contribution < 1.29 is 14.3 Å². The third-order valence-electron chi connectivity index (χ3n) is 5.02. The normalized spacial score (nSPS) is 15.8. The molecule has 2 aromatic rings. The molecule has 0 aliphatic carbocycles. The van der Waals surface area contributed by atoms with Gasteiger partial charge in [-0.2, -0.15) is 0 Å². The summed E-state index contributed by atoms with van der Waals surface area (Å²) in [6.07, 6.45) is 3.41. The molecule has 1 saturated heterocycles. The zero-order chi connectivity index (χ0) is 22.2. The predicted molar refractivity (Wildman–Crippen MR) is 120 cm³/mol. The van der Waals surface area contributed by atoms with Gasteiger partial charge in [0.05, 0.1) is 5.02 Å². The summed E-state index contributed by atoms with van der Waals surface area (Å²) in [4.78, 5) is 33.1. The van der Waals surface area contributed by atoms with Gasteiger partial charge in [-0.1, -0.05) is 17.7 Å². The summed E-state index contributed by atoms with van der Waals surface area (Å²) in [6, 6.07) is 8.45. The van der Waals surface area contributed by atoms with Crippen molar-refractivity contribution in [1.82, 2.24) is 20.1 Å². The Kier molecular flexibility index (Phi) is 8.22. The van der Waals surface area contributed by atoms with Gasteiger partial charge in [0.25, 0.3) is 0 Å². The van der Waals surface area contributed by atoms with Gasteiger partial charge in [-0.25, -0.2) is 0 Å². The molecule has 1 aromatic carbocycles. The highest BCUT2D eigenvalue weighted by atomic mass is 35.5. The Morgan fingerprint density at radius 2 is 1.97 bits per heavy atom. The molecule has 1 fully saturated rings. The first-order valence-corrected chi connectivity index (χ1v) is 10.6.